The third-order valence-electron chi connectivity index (χ3n) is 9.47. The molecule has 201 valence electrons. The number of hydrogen-bond donors (Lipinski definition) is 0. The molecule has 1 heteroatoms. The highest BCUT2D eigenvalue weighted by Crippen LogP contribution is 2.53. The van der Waals surface area contributed by atoms with Gasteiger partial charge in [0.05, 0.1) is 0 Å². The van der Waals surface area contributed by atoms with E-state index in [1.54, 1.807) is 21.5 Å². The van der Waals surface area contributed by atoms with Crippen molar-refractivity contribution in [3.8, 4) is 33.4 Å². The summed E-state index contributed by atoms with van der Waals surface area (Å²) in [6, 6.07) is 28.9. The molecule has 1 aliphatic carbocycles. The van der Waals surface area contributed by atoms with Gasteiger partial charge in [-0.05, 0) is 89.7 Å². The summed E-state index contributed by atoms with van der Waals surface area (Å²) >= 11 is 0. The summed E-state index contributed by atoms with van der Waals surface area (Å²) in [6.07, 6.45) is 6.29. The fourth-order valence-corrected chi connectivity index (χ4v) is 11.2. The molecule has 0 saturated carbocycles. The van der Waals surface area contributed by atoms with Crippen molar-refractivity contribution in [2.45, 2.75) is 84.1 Å². The van der Waals surface area contributed by atoms with Gasteiger partial charge in [0.15, 0.2) is 0 Å². The summed E-state index contributed by atoms with van der Waals surface area (Å²) in [4.78, 5) is 0. The van der Waals surface area contributed by atoms with Crippen LogP contribution >= 0.6 is 0 Å². The third-order valence-corrected chi connectivity index (χ3v) is 12.8. The zero-order chi connectivity index (χ0) is 28.0. The van der Waals surface area contributed by atoms with Gasteiger partial charge in [0, 0.05) is 5.54 Å². The van der Waals surface area contributed by atoms with E-state index in [2.05, 4.69) is 127 Å². The first kappa shape index (κ1) is 25.8. The Labute approximate surface area is 242 Å². The molecule has 7 rings (SSSR count). The van der Waals surface area contributed by atoms with Crippen molar-refractivity contribution < 1.29 is 0 Å². The van der Waals surface area contributed by atoms with Crippen LogP contribution < -0.4 is 10.4 Å². The first-order valence-corrected chi connectivity index (χ1v) is 16.8. The standard InChI is InChI=1S/C39H41Si/c1-8-9-13-25-20-24-18-19-30-32-16-12-15-31-29-14-10-11-17-33(29)40(37(31)32)36(25)35(24)34(30)26-21-27(38(2,3)4)23-28(22-26)39(5,6)7/h10-12,14-23,36H,8-9,13H2,1-7H3. The Morgan fingerprint density at radius 3 is 2.02 bits per heavy atom. The van der Waals surface area contributed by atoms with E-state index in [9.17, 15) is 0 Å². The third kappa shape index (κ3) is 3.77. The maximum Gasteiger partial charge on any atom is 0.135 e. The minimum atomic E-state index is -1.05. The van der Waals surface area contributed by atoms with Crippen LogP contribution in [0.4, 0.5) is 0 Å². The average molecular weight is 538 g/mol. The predicted molar refractivity (Wildman–Crippen MR) is 175 cm³/mol. The van der Waals surface area contributed by atoms with Crippen LogP contribution in [0.5, 0.6) is 0 Å². The molecule has 1 atom stereocenters. The number of unbranched alkanes of at least 4 members (excludes halogenated alkanes) is 1. The van der Waals surface area contributed by atoms with Crippen molar-refractivity contribution in [3.05, 3.63) is 101 Å². The Kier molecular flexibility index (Phi) is 5.75. The Morgan fingerprint density at radius 1 is 0.700 bits per heavy atom. The number of hydrogen-bond acceptors (Lipinski definition) is 0. The van der Waals surface area contributed by atoms with Crippen molar-refractivity contribution in [1.82, 2.24) is 0 Å². The molecule has 4 aromatic carbocycles. The molecular weight excluding hydrogens is 497 g/mol. The van der Waals surface area contributed by atoms with E-state index in [1.807, 2.05) is 0 Å². The molecule has 0 saturated heterocycles. The van der Waals surface area contributed by atoms with Crippen LogP contribution in [0.25, 0.3) is 39.5 Å². The molecule has 0 N–H and O–H groups in total. The number of rotatable bonds is 4. The quantitative estimate of drug-likeness (QED) is 0.227. The van der Waals surface area contributed by atoms with Gasteiger partial charge in [-0.25, -0.2) is 0 Å². The maximum atomic E-state index is 2.59. The number of fused-ring (bicyclic) bond motifs is 6. The van der Waals surface area contributed by atoms with Gasteiger partial charge in [-0.3, -0.25) is 0 Å². The summed E-state index contributed by atoms with van der Waals surface area (Å²) in [7, 11) is -1.05. The minimum Gasteiger partial charge on any atom is -0.0654 e. The van der Waals surface area contributed by atoms with E-state index < -0.39 is 8.80 Å². The molecule has 2 aliphatic heterocycles. The lowest BCUT2D eigenvalue weighted by Crippen LogP contribution is -2.44. The summed E-state index contributed by atoms with van der Waals surface area (Å²) in [5.41, 5.74) is 17.1. The zero-order valence-electron chi connectivity index (χ0n) is 25.2. The Morgan fingerprint density at radius 2 is 1.35 bits per heavy atom. The SMILES string of the molecule is CCCCC1=Cc2ccc3c(-c4cc(C(C)(C)C)cc(C(C)(C)C)c4)c2C1[Si]1c2ccccc2-c2cccc-3c21. The van der Waals surface area contributed by atoms with Gasteiger partial charge in [-0.15, -0.1) is 0 Å². The zero-order valence-corrected chi connectivity index (χ0v) is 26.2. The van der Waals surface area contributed by atoms with Crippen LogP contribution in [0.3, 0.4) is 0 Å². The highest BCUT2D eigenvalue weighted by molar-refractivity contribution is 6.92. The van der Waals surface area contributed by atoms with E-state index in [1.165, 1.54) is 69.3 Å². The number of allylic oxidation sites excluding steroid dienone is 1. The fourth-order valence-electron chi connectivity index (χ4n) is 7.32. The van der Waals surface area contributed by atoms with Crippen LogP contribution in [-0.2, 0) is 10.8 Å². The molecule has 0 spiro atoms. The van der Waals surface area contributed by atoms with Crippen molar-refractivity contribution in [2.75, 3.05) is 0 Å². The van der Waals surface area contributed by atoms with E-state index in [0.29, 0.717) is 5.54 Å². The first-order chi connectivity index (χ1) is 19.1. The second-order valence-electron chi connectivity index (χ2n) is 14.2. The fraction of sp³-hybridized carbons (Fsp3) is 0.333. The van der Waals surface area contributed by atoms with E-state index >= 15 is 0 Å². The van der Waals surface area contributed by atoms with Gasteiger partial charge in [0.2, 0.25) is 0 Å². The molecule has 0 fully saturated rings. The van der Waals surface area contributed by atoms with Gasteiger partial charge in [-0.2, -0.15) is 0 Å². The van der Waals surface area contributed by atoms with Crippen LogP contribution in [-0.4, -0.2) is 8.80 Å². The minimum absolute atomic E-state index is 0.0860. The van der Waals surface area contributed by atoms with Crippen molar-refractivity contribution in [3.63, 3.8) is 0 Å². The van der Waals surface area contributed by atoms with Gasteiger partial charge >= 0.3 is 0 Å². The van der Waals surface area contributed by atoms with Crippen LogP contribution in [0.15, 0.2) is 78.4 Å². The van der Waals surface area contributed by atoms with Crippen molar-refractivity contribution in [1.29, 1.82) is 0 Å². The topological polar surface area (TPSA) is 0 Å². The molecule has 0 aromatic heterocycles. The lowest BCUT2D eigenvalue weighted by atomic mass is 9.77. The van der Waals surface area contributed by atoms with Gasteiger partial charge in [-0.1, -0.05) is 139 Å². The predicted octanol–water partition coefficient (Wildman–Crippen LogP) is 9.43. The molecule has 0 amide bonds. The van der Waals surface area contributed by atoms with E-state index in [0.717, 1.165) is 0 Å². The van der Waals surface area contributed by atoms with Crippen LogP contribution in [0.1, 0.15) is 95.5 Å². The molecule has 2 bridgehead atoms. The normalized spacial score (nSPS) is 17.0. The second-order valence-corrected chi connectivity index (χ2v) is 16.7. The Bertz CT molecular complexity index is 1670. The molecule has 3 aliphatic rings. The van der Waals surface area contributed by atoms with Gasteiger partial charge in [0.25, 0.3) is 0 Å². The number of benzene rings is 4. The monoisotopic (exact) mass is 537 g/mol. The lowest BCUT2D eigenvalue weighted by molar-refractivity contribution is 0.569. The molecule has 40 heavy (non-hydrogen) atoms. The van der Waals surface area contributed by atoms with Crippen molar-refractivity contribution in [2.24, 2.45) is 0 Å². The molecule has 2 heterocycles. The lowest BCUT2D eigenvalue weighted by Gasteiger charge is -2.28. The highest BCUT2D eigenvalue weighted by Gasteiger charge is 2.46. The Balaban J connectivity index is 1.58. The average Bonchev–Trinajstić information content (AvgIpc) is 3.42. The largest absolute Gasteiger partial charge is 0.135 e. The van der Waals surface area contributed by atoms with Gasteiger partial charge < -0.3 is 0 Å². The van der Waals surface area contributed by atoms with Gasteiger partial charge in [0.1, 0.15) is 8.80 Å². The van der Waals surface area contributed by atoms with E-state index in [4.69, 9.17) is 0 Å². The molecule has 1 unspecified atom stereocenters. The van der Waals surface area contributed by atoms with E-state index in [-0.39, 0.29) is 10.8 Å². The van der Waals surface area contributed by atoms with Crippen LogP contribution in [0.2, 0.25) is 0 Å². The summed E-state index contributed by atoms with van der Waals surface area (Å²) in [5, 5.41) is 3.27. The molecular formula is C39H41Si. The summed E-state index contributed by atoms with van der Waals surface area (Å²) in [5.74, 6) is 0. The second kappa shape index (κ2) is 8.92. The summed E-state index contributed by atoms with van der Waals surface area (Å²) < 4.78 is 0. The molecule has 4 aromatic rings. The van der Waals surface area contributed by atoms with Crippen molar-refractivity contribution >= 4 is 25.2 Å². The maximum absolute atomic E-state index is 2.59. The first-order valence-electron chi connectivity index (χ1n) is 15.2. The summed E-state index contributed by atoms with van der Waals surface area (Å²) in [6.45, 7) is 16.5. The highest BCUT2D eigenvalue weighted by atomic mass is 28.3. The molecule has 0 nitrogen and oxygen atoms in total. The Hall–Kier alpha value is -3.16. The molecule has 1 radical (unpaired) electrons. The van der Waals surface area contributed by atoms with Crippen LogP contribution in [0, 0.1) is 0 Å². The smallest absolute Gasteiger partial charge is 0.0654 e.